The van der Waals surface area contributed by atoms with Gasteiger partial charge in [-0.25, -0.2) is 8.78 Å². The SMILES string of the molecule is Cc1cc(-c2nn(-c3cc(F)ccc3C(F)(F)F)c(=O)c3c2CCN3CCO)ccc1F. The first-order valence-electron chi connectivity index (χ1n) is 9.77. The van der Waals surface area contributed by atoms with E-state index in [1.807, 2.05) is 0 Å². The lowest BCUT2D eigenvalue weighted by molar-refractivity contribution is -0.137. The molecule has 32 heavy (non-hydrogen) atoms. The molecule has 1 N–H and O–H groups in total. The van der Waals surface area contributed by atoms with Gasteiger partial charge in [0.15, 0.2) is 0 Å². The van der Waals surface area contributed by atoms with Crippen molar-refractivity contribution in [1.29, 1.82) is 0 Å². The Labute approximate surface area is 179 Å². The van der Waals surface area contributed by atoms with Gasteiger partial charge in [-0.3, -0.25) is 4.79 Å². The van der Waals surface area contributed by atoms with E-state index >= 15 is 0 Å². The Morgan fingerprint density at radius 1 is 1.12 bits per heavy atom. The maximum atomic E-state index is 13.9. The highest BCUT2D eigenvalue weighted by molar-refractivity contribution is 5.73. The van der Waals surface area contributed by atoms with Crippen LogP contribution in [0, 0.1) is 18.6 Å². The van der Waals surface area contributed by atoms with Crippen LogP contribution >= 0.6 is 0 Å². The molecule has 168 valence electrons. The van der Waals surface area contributed by atoms with Gasteiger partial charge in [0.2, 0.25) is 0 Å². The summed E-state index contributed by atoms with van der Waals surface area (Å²) < 4.78 is 69.2. The highest BCUT2D eigenvalue weighted by atomic mass is 19.4. The lowest BCUT2D eigenvalue weighted by atomic mass is 10.0. The summed E-state index contributed by atoms with van der Waals surface area (Å²) in [6, 6.07) is 5.93. The number of nitrogens with zero attached hydrogens (tertiary/aromatic N) is 3. The molecule has 1 aromatic heterocycles. The van der Waals surface area contributed by atoms with Crippen LogP contribution in [0.15, 0.2) is 41.2 Å². The molecule has 2 aromatic carbocycles. The van der Waals surface area contributed by atoms with Gasteiger partial charge in [0.1, 0.15) is 17.3 Å². The molecule has 3 aromatic rings. The summed E-state index contributed by atoms with van der Waals surface area (Å²) in [5.41, 5.74) is -1.36. The molecule has 2 heterocycles. The zero-order chi connectivity index (χ0) is 23.2. The molecule has 5 nitrogen and oxygen atoms in total. The number of aliphatic hydroxyl groups is 1. The Bertz CT molecular complexity index is 1250. The third kappa shape index (κ3) is 3.75. The molecule has 0 unspecified atom stereocenters. The van der Waals surface area contributed by atoms with Crippen molar-refractivity contribution in [2.45, 2.75) is 19.5 Å². The number of anilines is 1. The number of hydrogen-bond donors (Lipinski definition) is 1. The molecular formula is C22H18F5N3O2. The number of rotatable bonds is 4. The second kappa shape index (κ2) is 8.01. The monoisotopic (exact) mass is 451 g/mol. The minimum absolute atomic E-state index is 0.0865. The predicted molar refractivity (Wildman–Crippen MR) is 108 cm³/mol. The number of β-amino-alcohol motifs (C(OH)–C–C–N with tert-alkyl or cyclic N) is 1. The summed E-state index contributed by atoms with van der Waals surface area (Å²) in [5.74, 6) is -1.43. The summed E-state index contributed by atoms with van der Waals surface area (Å²) >= 11 is 0. The normalized spacial score (nSPS) is 13.5. The van der Waals surface area contributed by atoms with Gasteiger partial charge in [-0.1, -0.05) is 0 Å². The molecule has 0 radical (unpaired) electrons. The van der Waals surface area contributed by atoms with E-state index in [2.05, 4.69) is 5.10 Å². The van der Waals surface area contributed by atoms with E-state index in [1.54, 1.807) is 4.90 Å². The zero-order valence-corrected chi connectivity index (χ0v) is 16.9. The second-order valence-corrected chi connectivity index (χ2v) is 7.48. The van der Waals surface area contributed by atoms with Crippen LogP contribution in [-0.4, -0.2) is 34.6 Å². The van der Waals surface area contributed by atoms with E-state index in [1.165, 1.54) is 25.1 Å². The Morgan fingerprint density at radius 3 is 2.53 bits per heavy atom. The van der Waals surface area contributed by atoms with Crippen molar-refractivity contribution < 1.29 is 27.1 Å². The maximum absolute atomic E-state index is 13.9. The van der Waals surface area contributed by atoms with E-state index in [0.717, 1.165) is 0 Å². The standard InChI is InChI=1S/C22H18F5N3O2/c1-12-10-13(2-5-17(12)24)19-15-6-7-29(8-9-31)20(15)21(32)30(28-19)18-11-14(23)3-4-16(18)22(25,26)27/h2-5,10-11,31H,6-9H2,1H3. The third-order valence-electron chi connectivity index (χ3n) is 5.41. The quantitative estimate of drug-likeness (QED) is 0.613. The topological polar surface area (TPSA) is 58.4 Å². The molecule has 1 aliphatic heterocycles. The molecule has 0 fully saturated rings. The van der Waals surface area contributed by atoms with Gasteiger partial charge < -0.3 is 10.0 Å². The van der Waals surface area contributed by atoms with Crippen molar-refractivity contribution in [2.24, 2.45) is 0 Å². The van der Waals surface area contributed by atoms with Crippen molar-refractivity contribution in [1.82, 2.24) is 9.78 Å². The highest BCUT2D eigenvalue weighted by Crippen LogP contribution is 2.36. The van der Waals surface area contributed by atoms with Crippen molar-refractivity contribution in [3.8, 4) is 16.9 Å². The molecular weight excluding hydrogens is 433 g/mol. The van der Waals surface area contributed by atoms with Gasteiger partial charge in [0.25, 0.3) is 5.56 Å². The minimum atomic E-state index is -4.86. The number of benzene rings is 2. The van der Waals surface area contributed by atoms with E-state index in [4.69, 9.17) is 0 Å². The van der Waals surface area contributed by atoms with Crippen LogP contribution in [0.25, 0.3) is 16.9 Å². The van der Waals surface area contributed by atoms with Gasteiger partial charge in [-0.05, 0) is 49.2 Å². The van der Waals surface area contributed by atoms with Gasteiger partial charge >= 0.3 is 6.18 Å². The molecule has 0 atom stereocenters. The number of aliphatic hydroxyl groups excluding tert-OH is 1. The molecule has 10 heteroatoms. The Morgan fingerprint density at radius 2 is 1.88 bits per heavy atom. The van der Waals surface area contributed by atoms with Gasteiger partial charge in [-0.2, -0.15) is 23.0 Å². The van der Waals surface area contributed by atoms with E-state index in [9.17, 15) is 31.9 Å². The maximum Gasteiger partial charge on any atom is 0.418 e. The summed E-state index contributed by atoms with van der Waals surface area (Å²) in [4.78, 5) is 14.8. The van der Waals surface area contributed by atoms with Crippen molar-refractivity contribution >= 4 is 5.69 Å². The first kappa shape index (κ1) is 21.9. The first-order chi connectivity index (χ1) is 15.1. The summed E-state index contributed by atoms with van der Waals surface area (Å²) in [6.07, 6.45) is -4.50. The van der Waals surface area contributed by atoms with Crippen LogP contribution in [0.4, 0.5) is 27.6 Å². The molecule has 1 aliphatic rings. The van der Waals surface area contributed by atoms with Crippen molar-refractivity contribution in [3.05, 3.63) is 75.1 Å². The number of aryl methyl sites for hydroxylation is 1. The average molecular weight is 451 g/mol. The van der Waals surface area contributed by atoms with E-state index in [-0.39, 0.29) is 24.5 Å². The smallest absolute Gasteiger partial charge is 0.395 e. The van der Waals surface area contributed by atoms with Gasteiger partial charge in [0, 0.05) is 30.3 Å². The minimum Gasteiger partial charge on any atom is -0.395 e. The number of fused-ring (bicyclic) bond motifs is 1. The molecule has 0 aliphatic carbocycles. The lowest BCUT2D eigenvalue weighted by Gasteiger charge is -2.20. The molecule has 0 saturated carbocycles. The van der Waals surface area contributed by atoms with Crippen LogP contribution in [-0.2, 0) is 12.6 Å². The average Bonchev–Trinajstić information content (AvgIpc) is 3.14. The second-order valence-electron chi connectivity index (χ2n) is 7.48. The van der Waals surface area contributed by atoms with Gasteiger partial charge in [-0.15, -0.1) is 0 Å². The number of alkyl halides is 3. The van der Waals surface area contributed by atoms with Crippen LogP contribution < -0.4 is 10.5 Å². The summed E-state index contributed by atoms with van der Waals surface area (Å²) in [5, 5.41) is 13.6. The fourth-order valence-electron chi connectivity index (χ4n) is 3.92. The molecule has 0 saturated heterocycles. The summed E-state index contributed by atoms with van der Waals surface area (Å²) in [6.45, 7) is 1.68. The number of hydrogen-bond acceptors (Lipinski definition) is 4. The zero-order valence-electron chi connectivity index (χ0n) is 16.9. The van der Waals surface area contributed by atoms with Crippen molar-refractivity contribution in [2.75, 3.05) is 24.6 Å². The highest BCUT2D eigenvalue weighted by Gasteiger charge is 2.36. The molecule has 0 amide bonds. The van der Waals surface area contributed by atoms with Crippen LogP contribution in [0.2, 0.25) is 0 Å². The number of aromatic nitrogens is 2. The lowest BCUT2D eigenvalue weighted by Crippen LogP contribution is -2.33. The van der Waals surface area contributed by atoms with Crippen LogP contribution in [0.1, 0.15) is 16.7 Å². The van der Waals surface area contributed by atoms with Crippen molar-refractivity contribution in [3.63, 3.8) is 0 Å². The molecule has 4 rings (SSSR count). The van der Waals surface area contributed by atoms with Gasteiger partial charge in [0.05, 0.1) is 23.6 Å². The molecule has 0 bridgehead atoms. The van der Waals surface area contributed by atoms with Crippen LogP contribution in [0.5, 0.6) is 0 Å². The fourth-order valence-corrected chi connectivity index (χ4v) is 3.92. The third-order valence-corrected chi connectivity index (χ3v) is 5.41. The van der Waals surface area contributed by atoms with Crippen LogP contribution in [0.3, 0.4) is 0 Å². The van der Waals surface area contributed by atoms with E-state index in [0.29, 0.717) is 52.5 Å². The summed E-state index contributed by atoms with van der Waals surface area (Å²) in [7, 11) is 0. The molecule has 0 spiro atoms. The fraction of sp³-hybridized carbons (Fsp3) is 0.273. The first-order valence-corrected chi connectivity index (χ1v) is 9.77. The largest absolute Gasteiger partial charge is 0.418 e. The Kier molecular flexibility index (Phi) is 5.49. The Balaban J connectivity index is 2.06. The number of halogens is 5. The van der Waals surface area contributed by atoms with E-state index < -0.39 is 34.6 Å². The predicted octanol–water partition coefficient (Wildman–Crippen LogP) is 3.86. The Hall–Kier alpha value is -3.27.